The highest BCUT2D eigenvalue weighted by Crippen LogP contribution is 2.15. The van der Waals surface area contributed by atoms with Gasteiger partial charge in [-0.2, -0.15) is 0 Å². The van der Waals surface area contributed by atoms with Crippen molar-refractivity contribution in [3.8, 4) is 5.75 Å². The first kappa shape index (κ1) is 14.0. The van der Waals surface area contributed by atoms with Crippen LogP contribution in [0.15, 0.2) is 24.3 Å². The fraction of sp³-hybridized carbons (Fsp3) is 0.333. The minimum absolute atomic E-state index is 0.163. The van der Waals surface area contributed by atoms with Gasteiger partial charge in [-0.3, -0.25) is 4.79 Å². The summed E-state index contributed by atoms with van der Waals surface area (Å²) in [5.41, 5.74) is 6.12. The van der Waals surface area contributed by atoms with Gasteiger partial charge in [-0.25, -0.2) is 4.79 Å². The number of hydrogen-bond donors (Lipinski definition) is 3. The maximum atomic E-state index is 11.4. The van der Waals surface area contributed by atoms with Gasteiger partial charge in [0.25, 0.3) is 0 Å². The van der Waals surface area contributed by atoms with Crippen molar-refractivity contribution in [2.24, 2.45) is 5.73 Å². The van der Waals surface area contributed by atoms with Gasteiger partial charge in [0, 0.05) is 18.2 Å². The van der Waals surface area contributed by atoms with E-state index in [1.807, 2.05) is 0 Å². The molecule has 0 heterocycles. The fourth-order valence-electron chi connectivity index (χ4n) is 1.28. The molecule has 1 amide bonds. The summed E-state index contributed by atoms with van der Waals surface area (Å²) < 4.78 is 4.96. The average Bonchev–Trinajstić information content (AvgIpc) is 2.26. The van der Waals surface area contributed by atoms with Crippen LogP contribution in [-0.4, -0.2) is 29.6 Å². The minimum atomic E-state index is -1.04. The summed E-state index contributed by atoms with van der Waals surface area (Å²) in [6, 6.07) is 6.25. The molecule has 98 valence electrons. The number of carbonyl (C=O) groups is 2. The maximum Gasteiger partial charge on any atom is 0.341 e. The molecule has 0 radical (unpaired) electrons. The Kier molecular flexibility index (Phi) is 5.13. The Morgan fingerprint density at radius 2 is 2.00 bits per heavy atom. The van der Waals surface area contributed by atoms with Crippen molar-refractivity contribution < 1.29 is 19.4 Å². The van der Waals surface area contributed by atoms with Crippen molar-refractivity contribution in [1.82, 2.24) is 0 Å². The maximum absolute atomic E-state index is 11.4. The molecule has 0 spiro atoms. The van der Waals surface area contributed by atoms with Crippen LogP contribution in [0.1, 0.15) is 13.3 Å². The standard InChI is InChI=1S/C12H16N2O4/c1-8(13)6-11(15)14-9-2-4-10(5-3-9)18-7-12(16)17/h2-5,8H,6-7,13H2,1H3,(H,14,15)(H,16,17). The van der Waals surface area contributed by atoms with Gasteiger partial charge in [-0.1, -0.05) is 0 Å². The molecule has 1 aromatic carbocycles. The molecule has 6 nitrogen and oxygen atoms in total. The van der Waals surface area contributed by atoms with Crippen LogP contribution in [0.3, 0.4) is 0 Å². The average molecular weight is 252 g/mol. The third kappa shape index (κ3) is 5.31. The number of hydrogen-bond acceptors (Lipinski definition) is 4. The number of amides is 1. The highest BCUT2D eigenvalue weighted by atomic mass is 16.5. The Balaban J connectivity index is 2.49. The number of benzene rings is 1. The Hall–Kier alpha value is -2.08. The van der Waals surface area contributed by atoms with Crippen LogP contribution in [0.25, 0.3) is 0 Å². The molecule has 1 aromatic rings. The largest absolute Gasteiger partial charge is 0.482 e. The van der Waals surface area contributed by atoms with Gasteiger partial charge >= 0.3 is 5.97 Å². The minimum Gasteiger partial charge on any atom is -0.482 e. The SMILES string of the molecule is CC(N)CC(=O)Nc1ccc(OCC(=O)O)cc1. The highest BCUT2D eigenvalue weighted by molar-refractivity contribution is 5.91. The first-order valence-electron chi connectivity index (χ1n) is 5.47. The van der Waals surface area contributed by atoms with Crippen LogP contribution in [0.4, 0.5) is 5.69 Å². The summed E-state index contributed by atoms with van der Waals surface area (Å²) >= 11 is 0. The zero-order valence-corrected chi connectivity index (χ0v) is 10.1. The quantitative estimate of drug-likeness (QED) is 0.696. The Labute approximate surface area is 105 Å². The lowest BCUT2D eigenvalue weighted by atomic mass is 10.2. The van der Waals surface area contributed by atoms with Crippen LogP contribution in [-0.2, 0) is 9.59 Å². The smallest absolute Gasteiger partial charge is 0.341 e. The molecule has 0 bridgehead atoms. The number of anilines is 1. The van der Waals surface area contributed by atoms with E-state index in [-0.39, 0.29) is 18.4 Å². The van der Waals surface area contributed by atoms with Crippen LogP contribution in [0, 0.1) is 0 Å². The lowest BCUT2D eigenvalue weighted by molar-refractivity contribution is -0.139. The number of ether oxygens (including phenoxy) is 1. The van der Waals surface area contributed by atoms with Crippen molar-refractivity contribution >= 4 is 17.6 Å². The summed E-state index contributed by atoms with van der Waals surface area (Å²) in [6.45, 7) is 1.36. The van der Waals surface area contributed by atoms with Crippen LogP contribution < -0.4 is 15.8 Å². The van der Waals surface area contributed by atoms with E-state index < -0.39 is 12.6 Å². The van der Waals surface area contributed by atoms with E-state index in [1.54, 1.807) is 31.2 Å². The molecule has 0 aromatic heterocycles. The number of carboxylic acid groups (broad SMARTS) is 1. The molecule has 0 saturated carbocycles. The van der Waals surface area contributed by atoms with Crippen molar-refractivity contribution in [3.63, 3.8) is 0 Å². The molecule has 6 heteroatoms. The van der Waals surface area contributed by atoms with E-state index >= 15 is 0 Å². The second kappa shape index (κ2) is 6.61. The first-order valence-corrected chi connectivity index (χ1v) is 5.47. The van der Waals surface area contributed by atoms with Crippen molar-refractivity contribution in [3.05, 3.63) is 24.3 Å². The summed E-state index contributed by atoms with van der Waals surface area (Å²) in [5.74, 6) is -0.767. The Morgan fingerprint density at radius 3 is 2.50 bits per heavy atom. The second-order valence-electron chi connectivity index (χ2n) is 3.94. The summed E-state index contributed by atoms with van der Waals surface area (Å²) in [5, 5.41) is 11.1. The highest BCUT2D eigenvalue weighted by Gasteiger charge is 2.05. The van der Waals surface area contributed by atoms with E-state index in [9.17, 15) is 9.59 Å². The summed E-state index contributed by atoms with van der Waals surface area (Å²) in [6.07, 6.45) is 0.247. The van der Waals surface area contributed by atoms with Gasteiger partial charge in [0.15, 0.2) is 6.61 Å². The normalized spacial score (nSPS) is 11.7. The van der Waals surface area contributed by atoms with Gasteiger partial charge in [0.05, 0.1) is 0 Å². The molecule has 1 unspecified atom stereocenters. The van der Waals surface area contributed by atoms with E-state index in [4.69, 9.17) is 15.6 Å². The summed E-state index contributed by atoms with van der Waals surface area (Å²) in [4.78, 5) is 21.7. The lowest BCUT2D eigenvalue weighted by Crippen LogP contribution is -2.23. The van der Waals surface area contributed by atoms with Crippen molar-refractivity contribution in [1.29, 1.82) is 0 Å². The predicted molar refractivity (Wildman–Crippen MR) is 66.5 cm³/mol. The molecule has 4 N–H and O–H groups in total. The zero-order chi connectivity index (χ0) is 13.5. The van der Waals surface area contributed by atoms with E-state index in [1.165, 1.54) is 0 Å². The van der Waals surface area contributed by atoms with Gasteiger partial charge in [-0.15, -0.1) is 0 Å². The second-order valence-corrected chi connectivity index (χ2v) is 3.94. The Morgan fingerprint density at radius 1 is 1.39 bits per heavy atom. The molecule has 18 heavy (non-hydrogen) atoms. The predicted octanol–water partition coefficient (Wildman–Crippen LogP) is 0.826. The first-order chi connectivity index (χ1) is 8.47. The number of carboxylic acids is 1. The van der Waals surface area contributed by atoms with Gasteiger partial charge in [-0.05, 0) is 31.2 Å². The van der Waals surface area contributed by atoms with Crippen LogP contribution in [0.5, 0.6) is 5.75 Å². The van der Waals surface area contributed by atoms with Crippen LogP contribution >= 0.6 is 0 Å². The van der Waals surface area contributed by atoms with E-state index in [0.29, 0.717) is 11.4 Å². The van der Waals surface area contributed by atoms with Gasteiger partial charge in [0.1, 0.15) is 5.75 Å². The number of rotatable bonds is 6. The Bertz CT molecular complexity index is 415. The molecule has 0 aliphatic heterocycles. The monoisotopic (exact) mass is 252 g/mol. The topological polar surface area (TPSA) is 102 Å². The molecule has 1 rings (SSSR count). The fourth-order valence-corrected chi connectivity index (χ4v) is 1.28. The van der Waals surface area contributed by atoms with Gasteiger partial charge in [0.2, 0.25) is 5.91 Å². The molecular weight excluding hydrogens is 236 g/mol. The number of aliphatic carboxylic acids is 1. The van der Waals surface area contributed by atoms with Crippen molar-refractivity contribution in [2.45, 2.75) is 19.4 Å². The number of nitrogens with one attached hydrogen (secondary N) is 1. The zero-order valence-electron chi connectivity index (χ0n) is 10.1. The molecule has 0 aliphatic rings. The lowest BCUT2D eigenvalue weighted by Gasteiger charge is -2.08. The molecule has 0 fully saturated rings. The van der Waals surface area contributed by atoms with Gasteiger partial charge < -0.3 is 20.9 Å². The molecule has 0 saturated heterocycles. The third-order valence-electron chi connectivity index (χ3n) is 2.01. The van der Waals surface area contributed by atoms with E-state index in [0.717, 1.165) is 0 Å². The summed E-state index contributed by atoms with van der Waals surface area (Å²) in [7, 11) is 0. The number of nitrogens with two attached hydrogens (primary N) is 1. The molecule has 1 atom stereocenters. The van der Waals surface area contributed by atoms with Crippen LogP contribution in [0.2, 0.25) is 0 Å². The van der Waals surface area contributed by atoms with E-state index in [2.05, 4.69) is 5.32 Å². The molecule has 0 aliphatic carbocycles. The van der Waals surface area contributed by atoms with Crippen molar-refractivity contribution in [2.75, 3.05) is 11.9 Å². The molecular formula is C12H16N2O4. The number of carbonyl (C=O) groups excluding carboxylic acids is 1. The third-order valence-corrected chi connectivity index (χ3v) is 2.01.